The van der Waals surface area contributed by atoms with E-state index in [4.69, 9.17) is 16.2 Å². The molecule has 0 atom stereocenters. The maximum atomic E-state index is 11.3. The molecule has 1 saturated heterocycles. The van der Waals surface area contributed by atoms with E-state index in [1.54, 1.807) is 0 Å². The van der Waals surface area contributed by atoms with E-state index in [0.29, 0.717) is 23.6 Å². The molecule has 0 bridgehead atoms. The molecule has 0 aromatic carbocycles. The second-order valence-electron chi connectivity index (χ2n) is 4.41. The lowest BCUT2D eigenvalue weighted by Gasteiger charge is -2.26. The average Bonchev–Trinajstić information content (AvgIpc) is 2.41. The van der Waals surface area contributed by atoms with E-state index in [-0.39, 0.29) is 0 Å². The number of hydrogen-bond acceptors (Lipinski definition) is 6. The third-order valence-corrected chi connectivity index (χ3v) is 3.00. The molecule has 0 spiro atoms. The standard InChI is InChI=1S/C12H19N5O2/c13-9-7-10(11(14)18)12(16-8-9)15-1-2-17-3-5-19-6-4-17/h7-8H,1-6,13H2,(H2,14,18)(H,15,16). The van der Waals surface area contributed by atoms with Crippen LogP contribution in [-0.4, -0.2) is 55.2 Å². The van der Waals surface area contributed by atoms with Crippen molar-refractivity contribution in [1.29, 1.82) is 0 Å². The Morgan fingerprint density at radius 2 is 2.21 bits per heavy atom. The van der Waals surface area contributed by atoms with Crippen molar-refractivity contribution in [2.24, 2.45) is 5.73 Å². The molecule has 5 N–H and O–H groups in total. The number of nitrogens with zero attached hydrogens (tertiary/aromatic N) is 2. The number of nitrogens with one attached hydrogen (secondary N) is 1. The van der Waals surface area contributed by atoms with Gasteiger partial charge in [-0.1, -0.05) is 0 Å². The molecule has 7 heteroatoms. The Kier molecular flexibility index (Phi) is 4.53. The Hall–Kier alpha value is -1.86. The number of rotatable bonds is 5. The molecule has 1 fully saturated rings. The van der Waals surface area contributed by atoms with Crippen molar-refractivity contribution in [1.82, 2.24) is 9.88 Å². The molecule has 1 amide bonds. The van der Waals surface area contributed by atoms with Gasteiger partial charge in [-0.2, -0.15) is 0 Å². The van der Waals surface area contributed by atoms with Crippen LogP contribution >= 0.6 is 0 Å². The number of ether oxygens (including phenoxy) is 1. The lowest BCUT2D eigenvalue weighted by Crippen LogP contribution is -2.39. The van der Waals surface area contributed by atoms with Gasteiger partial charge in [-0.15, -0.1) is 0 Å². The SMILES string of the molecule is NC(=O)c1cc(N)cnc1NCCN1CCOCC1. The van der Waals surface area contributed by atoms with Gasteiger partial charge in [0.2, 0.25) is 0 Å². The van der Waals surface area contributed by atoms with Gasteiger partial charge in [0.15, 0.2) is 0 Å². The lowest BCUT2D eigenvalue weighted by molar-refractivity contribution is 0.0398. The third kappa shape index (κ3) is 3.80. The number of morpholine rings is 1. The second-order valence-corrected chi connectivity index (χ2v) is 4.41. The van der Waals surface area contributed by atoms with Gasteiger partial charge < -0.3 is 21.5 Å². The van der Waals surface area contributed by atoms with Gasteiger partial charge >= 0.3 is 0 Å². The van der Waals surface area contributed by atoms with Crippen molar-refractivity contribution in [3.8, 4) is 0 Å². The fourth-order valence-electron chi connectivity index (χ4n) is 1.97. The van der Waals surface area contributed by atoms with E-state index in [1.807, 2.05) is 0 Å². The highest BCUT2D eigenvalue weighted by Crippen LogP contribution is 2.14. The molecule has 0 aliphatic carbocycles. The predicted octanol–water partition coefficient (Wildman–Crippen LogP) is -0.493. The largest absolute Gasteiger partial charge is 0.397 e. The second kappa shape index (κ2) is 6.35. The van der Waals surface area contributed by atoms with Crippen LogP contribution in [0.15, 0.2) is 12.3 Å². The number of primary amides is 1. The molecule has 0 unspecified atom stereocenters. The van der Waals surface area contributed by atoms with Gasteiger partial charge in [-0.05, 0) is 6.07 Å². The number of aromatic nitrogens is 1. The highest BCUT2D eigenvalue weighted by molar-refractivity contribution is 5.98. The molecule has 19 heavy (non-hydrogen) atoms. The molecule has 0 radical (unpaired) electrons. The minimum absolute atomic E-state index is 0.321. The van der Waals surface area contributed by atoms with Crippen LogP contribution in [0.1, 0.15) is 10.4 Å². The lowest BCUT2D eigenvalue weighted by atomic mass is 10.2. The van der Waals surface area contributed by atoms with Crippen molar-refractivity contribution in [2.45, 2.75) is 0 Å². The average molecular weight is 265 g/mol. The van der Waals surface area contributed by atoms with Gasteiger partial charge in [0.05, 0.1) is 30.7 Å². The molecular weight excluding hydrogens is 246 g/mol. The van der Waals surface area contributed by atoms with Crippen LogP contribution in [0.2, 0.25) is 0 Å². The predicted molar refractivity (Wildman–Crippen MR) is 72.9 cm³/mol. The first-order chi connectivity index (χ1) is 9.16. The first-order valence-corrected chi connectivity index (χ1v) is 6.26. The fourth-order valence-corrected chi connectivity index (χ4v) is 1.97. The van der Waals surface area contributed by atoms with E-state index in [9.17, 15) is 4.79 Å². The first kappa shape index (κ1) is 13.6. The summed E-state index contributed by atoms with van der Waals surface area (Å²) in [6, 6.07) is 1.53. The molecule has 2 rings (SSSR count). The Labute approximate surface area is 111 Å². The van der Waals surface area contributed by atoms with Crippen molar-refractivity contribution < 1.29 is 9.53 Å². The molecule has 104 valence electrons. The topological polar surface area (TPSA) is 106 Å². The Bertz CT molecular complexity index is 446. The van der Waals surface area contributed by atoms with Crippen molar-refractivity contribution in [3.05, 3.63) is 17.8 Å². The Balaban J connectivity index is 1.89. The van der Waals surface area contributed by atoms with Crippen LogP contribution < -0.4 is 16.8 Å². The number of nitrogens with two attached hydrogens (primary N) is 2. The monoisotopic (exact) mass is 265 g/mol. The van der Waals surface area contributed by atoms with Crippen LogP contribution in [-0.2, 0) is 4.74 Å². The summed E-state index contributed by atoms with van der Waals surface area (Å²) < 4.78 is 5.28. The highest BCUT2D eigenvalue weighted by Gasteiger charge is 2.12. The molecule has 1 aromatic rings. The summed E-state index contributed by atoms with van der Waals surface area (Å²) in [6.07, 6.45) is 1.50. The maximum absolute atomic E-state index is 11.3. The van der Waals surface area contributed by atoms with Crippen LogP contribution in [0, 0.1) is 0 Å². The third-order valence-electron chi connectivity index (χ3n) is 3.00. The summed E-state index contributed by atoms with van der Waals surface area (Å²) in [5, 5.41) is 3.12. The van der Waals surface area contributed by atoms with Crippen molar-refractivity contribution in [3.63, 3.8) is 0 Å². The summed E-state index contributed by atoms with van der Waals surface area (Å²) in [7, 11) is 0. The molecule has 7 nitrogen and oxygen atoms in total. The molecule has 1 aromatic heterocycles. The Morgan fingerprint density at radius 3 is 2.89 bits per heavy atom. The maximum Gasteiger partial charge on any atom is 0.252 e. The van der Waals surface area contributed by atoms with Crippen LogP contribution in [0.3, 0.4) is 0 Å². The molecule has 1 aliphatic rings. The van der Waals surface area contributed by atoms with Gasteiger partial charge in [0.25, 0.3) is 5.91 Å². The van der Waals surface area contributed by atoms with Gasteiger partial charge in [-0.3, -0.25) is 9.69 Å². The summed E-state index contributed by atoms with van der Waals surface area (Å²) in [5.41, 5.74) is 11.6. The number of carbonyl (C=O) groups excluding carboxylic acids is 1. The van der Waals surface area contributed by atoms with Gasteiger partial charge in [-0.25, -0.2) is 4.98 Å². The van der Waals surface area contributed by atoms with Crippen molar-refractivity contribution >= 4 is 17.4 Å². The normalized spacial score (nSPS) is 16.2. The van der Waals surface area contributed by atoms with Gasteiger partial charge in [0.1, 0.15) is 5.82 Å². The van der Waals surface area contributed by atoms with Crippen molar-refractivity contribution in [2.75, 3.05) is 50.4 Å². The summed E-state index contributed by atoms with van der Waals surface area (Å²) in [6.45, 7) is 4.96. The number of carbonyl (C=O) groups is 1. The fraction of sp³-hybridized carbons (Fsp3) is 0.500. The number of hydrogen-bond donors (Lipinski definition) is 3. The van der Waals surface area contributed by atoms with E-state index >= 15 is 0 Å². The zero-order chi connectivity index (χ0) is 13.7. The molecule has 2 heterocycles. The van der Waals surface area contributed by atoms with E-state index in [2.05, 4.69) is 15.2 Å². The highest BCUT2D eigenvalue weighted by atomic mass is 16.5. The van der Waals surface area contributed by atoms with Crippen LogP contribution in [0.5, 0.6) is 0 Å². The Morgan fingerprint density at radius 1 is 1.47 bits per heavy atom. The number of nitrogen functional groups attached to an aromatic ring is 1. The van der Waals surface area contributed by atoms with E-state index in [0.717, 1.165) is 32.8 Å². The number of anilines is 2. The summed E-state index contributed by atoms with van der Waals surface area (Å²) >= 11 is 0. The van der Waals surface area contributed by atoms with Gasteiger partial charge in [0, 0.05) is 26.2 Å². The summed E-state index contributed by atoms with van der Waals surface area (Å²) in [4.78, 5) is 17.7. The zero-order valence-electron chi connectivity index (χ0n) is 10.8. The smallest absolute Gasteiger partial charge is 0.252 e. The minimum Gasteiger partial charge on any atom is -0.397 e. The quantitative estimate of drug-likeness (QED) is 0.663. The molecular formula is C12H19N5O2. The van der Waals surface area contributed by atoms with Crippen LogP contribution in [0.25, 0.3) is 0 Å². The minimum atomic E-state index is -0.534. The van der Waals surface area contributed by atoms with Crippen LogP contribution in [0.4, 0.5) is 11.5 Å². The first-order valence-electron chi connectivity index (χ1n) is 6.26. The van der Waals surface area contributed by atoms with E-state index in [1.165, 1.54) is 12.3 Å². The number of pyridine rings is 1. The molecule has 0 saturated carbocycles. The summed E-state index contributed by atoms with van der Waals surface area (Å²) in [5.74, 6) is -0.0522. The number of amides is 1. The molecule has 1 aliphatic heterocycles. The zero-order valence-corrected chi connectivity index (χ0v) is 10.8. The van der Waals surface area contributed by atoms with E-state index < -0.39 is 5.91 Å².